The smallest absolute Gasteiger partial charge is 0.410 e. The maximum atomic E-state index is 14.4. The molecule has 2 amide bonds. The van der Waals surface area contributed by atoms with Gasteiger partial charge >= 0.3 is 24.1 Å². The van der Waals surface area contributed by atoms with E-state index >= 15 is 0 Å². The van der Waals surface area contributed by atoms with Crippen molar-refractivity contribution in [2.24, 2.45) is 40.6 Å². The highest BCUT2D eigenvalue weighted by atomic mass is 32.2. The van der Waals surface area contributed by atoms with Crippen LogP contribution in [0.25, 0.3) is 21.7 Å². The molecule has 36 heteroatoms. The highest BCUT2D eigenvalue weighted by molar-refractivity contribution is 7.93. The number of terminal acetylenes is 1. The Morgan fingerprint density at radius 2 is 1.09 bits per heavy atom. The van der Waals surface area contributed by atoms with E-state index < -0.39 is 155 Å². The zero-order valence-corrected chi connectivity index (χ0v) is 78.2. The molecule has 6 fully saturated rings. The number of esters is 2. The van der Waals surface area contributed by atoms with Crippen LogP contribution in [0.1, 0.15) is 180 Å². The summed E-state index contributed by atoms with van der Waals surface area (Å²) in [6, 6.07) is 11.9. The number of cyclic esters (lactones) is 2. The molecule has 2 aromatic carbocycles. The molecule has 10 N–H and O–H groups in total. The number of anilines is 2. The summed E-state index contributed by atoms with van der Waals surface area (Å²) in [5.41, 5.74) is 19.0. The van der Waals surface area contributed by atoms with Crippen LogP contribution >= 0.6 is 12.1 Å². The SMILES string of the molecule is C#Cc1cccc(N)c1.CC[C@H]1OC(=O)[C@H](C)C(=O)[C@H](C)[C@@H](O[C@@H]2OC(C)CC(N(C)C)C2O)[C@](C)(OC)C[C@@H](C)CN[C@H](CCO)[C@H]2N(CCCCN=[N+]=[N-])C(=O)O[C@]12C.CC[C@H]1OC(=O)[C@H](C)C(=O)[C@H](C)[C@@H](O[C@@H]2OC(C)CC(N(C)C)C2O)[C@](C)(OC)C[C@@H](C)CN[C@H](CCO)[C@H]2N(CCCCn3cc(-c4cccc(N)c4)nn3)C(=O)O[C@]12C.CSF. The number of Topliss-reactive ketones (excluding diaryl/α,β-unsaturated/α-hetero) is 2. The number of nitrogens with one attached hydrogen (secondary N) is 2. The van der Waals surface area contributed by atoms with E-state index in [1.165, 1.54) is 20.1 Å². The standard InChI is InChI=1S/C44H71N7O10.C36H64N6O10.C8H7N.CH3FS/c1-11-35-44(7)38(51(42(56)61-44)19-13-12-18-50-25-33(47-48-50)30-15-14-16-31(45)22-30)32(17-20-52)46-24-26(2)23-43(6,57-10)39(28(4)36(53)29(5)40(55)59-35)60-41-37(54)34(49(8)9)21-27(3)58-41;1-11-27-36(7)30(42(34(47)52-36)16-13-12-15-39-40-37)25(14-17-43)38-20-21(2)19-35(6,48-10)31(23(4)28(44)24(5)32(46)50-27)51-33-29(45)26(41(8)9)18-22(3)49-33;1-2-7-4-3-5-8(9)6-7;1-3-2/h14-16,22,25-29,32,34-35,37-39,41,46,52,54H,11-13,17-21,23-24,45H2,1-10H3;21-27,29-31,33,38,43,45H,11-20H2,1-10H3;1,3-6H,9H2;1H3/t26-,27?,28+,29-,32-,34?,35-,37?,38-,39-,41+,43-,44-;21-,22?,23+,24-,25-,26?,27-,29?,30-,31-,33+,35-,36-;;/m11../s1. The lowest BCUT2D eigenvalue weighted by atomic mass is 9.78. The van der Waals surface area contributed by atoms with Gasteiger partial charge in [0.25, 0.3) is 0 Å². The number of hydrogen-bond acceptors (Lipinski definition) is 30. The second-order valence-electron chi connectivity index (χ2n) is 35.6. The summed E-state index contributed by atoms with van der Waals surface area (Å²) in [6.07, 6.45) is 4.33. The minimum absolute atomic E-state index is 0.0887. The van der Waals surface area contributed by atoms with E-state index in [1.54, 1.807) is 68.5 Å². The number of fused-ring (bicyclic) bond motifs is 2. The summed E-state index contributed by atoms with van der Waals surface area (Å²) in [7, 11) is 10.7. The van der Waals surface area contributed by atoms with Crippen molar-refractivity contribution in [2.75, 3.05) is 106 Å². The average molecular weight is 1780 g/mol. The van der Waals surface area contributed by atoms with Crippen LogP contribution in [0.2, 0.25) is 0 Å². The third-order valence-corrected chi connectivity index (χ3v) is 25.5. The lowest BCUT2D eigenvalue weighted by molar-refractivity contribution is -0.295. The highest BCUT2D eigenvalue weighted by Crippen LogP contribution is 2.44. The monoisotopic (exact) mass is 1780 g/mol. The van der Waals surface area contributed by atoms with Crippen LogP contribution < -0.4 is 22.1 Å². The number of aryl methyl sites for hydroxylation is 1. The topological polar surface area (TPSA) is 444 Å². The number of halogens is 1. The number of ether oxygens (including phenoxy) is 10. The number of likely N-dealkylation sites (N-methyl/N-ethyl adjacent to an activating group) is 2. The molecular weight excluding hydrogens is 1640 g/mol. The van der Waals surface area contributed by atoms with Gasteiger partial charge in [-0.3, -0.25) is 33.7 Å². The number of rotatable bonds is 25. The largest absolute Gasteiger partial charge is 0.458 e. The van der Waals surface area contributed by atoms with E-state index in [0.29, 0.717) is 101 Å². The Morgan fingerprint density at radius 1 is 0.672 bits per heavy atom. The third kappa shape index (κ3) is 27.6. The lowest BCUT2D eigenvalue weighted by Gasteiger charge is -2.46. The van der Waals surface area contributed by atoms with Gasteiger partial charge in [-0.2, -0.15) is 3.89 Å². The van der Waals surface area contributed by atoms with Crippen LogP contribution in [0.4, 0.5) is 24.8 Å². The van der Waals surface area contributed by atoms with Crippen LogP contribution in [0, 0.1) is 47.9 Å². The van der Waals surface area contributed by atoms with E-state index in [0.717, 1.165) is 11.1 Å². The quantitative estimate of drug-likeness (QED) is 0.00450. The number of aliphatic hydroxyl groups excluding tert-OH is 4. The number of hydrogen-bond donors (Lipinski definition) is 8. The van der Waals surface area contributed by atoms with Crippen LogP contribution in [0.3, 0.4) is 0 Å². The number of amides is 2. The number of nitrogen functional groups attached to an aromatic ring is 2. The molecule has 0 spiro atoms. The van der Waals surface area contributed by atoms with Crippen molar-refractivity contribution in [3.63, 3.8) is 0 Å². The molecule has 7 heterocycles. The Labute approximate surface area is 743 Å². The van der Waals surface area contributed by atoms with Gasteiger partial charge in [0.15, 0.2) is 35.3 Å². The van der Waals surface area contributed by atoms with E-state index in [-0.39, 0.29) is 93.7 Å². The molecule has 0 radical (unpaired) electrons. The Morgan fingerprint density at radius 3 is 1.46 bits per heavy atom. The van der Waals surface area contributed by atoms with Crippen molar-refractivity contribution in [1.29, 1.82) is 0 Å². The number of ketones is 2. The Balaban J connectivity index is 0.000000343. The number of carbonyl (C=O) groups is 6. The van der Waals surface area contributed by atoms with Gasteiger partial charge in [0, 0.05) is 135 Å². The number of unbranched alkanes of at least 4 members (excludes halogenated alkanes) is 2. The fraction of sp³-hybridized carbons (Fsp3) is 0.753. The van der Waals surface area contributed by atoms with Gasteiger partial charge in [-0.25, -0.2) is 9.59 Å². The fourth-order valence-corrected chi connectivity index (χ4v) is 18.7. The summed E-state index contributed by atoms with van der Waals surface area (Å²) in [6.45, 7) is 27.2. The number of methoxy groups -OCH3 is 2. The number of aliphatic hydroxyl groups is 4. The van der Waals surface area contributed by atoms with Gasteiger partial charge in [-0.05, 0) is 221 Å². The Kier molecular flexibility index (Phi) is 42.0. The van der Waals surface area contributed by atoms with Crippen LogP contribution in [-0.4, -0.2) is 305 Å². The van der Waals surface area contributed by atoms with Crippen LogP contribution in [0.5, 0.6) is 0 Å². The molecule has 6 aliphatic rings. The fourth-order valence-electron chi connectivity index (χ4n) is 18.7. The van der Waals surface area contributed by atoms with Gasteiger partial charge in [0.05, 0.1) is 53.9 Å². The van der Waals surface area contributed by atoms with E-state index in [1.807, 2.05) is 129 Å². The molecule has 6 unspecified atom stereocenters. The molecule has 34 nitrogen and oxygen atoms in total. The summed E-state index contributed by atoms with van der Waals surface area (Å²) in [5.74, 6) is -4.29. The molecule has 704 valence electrons. The number of benzene rings is 2. The summed E-state index contributed by atoms with van der Waals surface area (Å²) < 4.78 is 74.7. The van der Waals surface area contributed by atoms with Crippen molar-refractivity contribution >= 4 is 59.2 Å². The molecular formula is C89H145FN14O20S. The minimum atomic E-state index is -1.34. The van der Waals surface area contributed by atoms with Crippen molar-refractivity contribution in [3.05, 3.63) is 70.7 Å². The molecule has 125 heavy (non-hydrogen) atoms. The van der Waals surface area contributed by atoms with Crippen LogP contribution in [-0.2, 0) is 73.1 Å². The van der Waals surface area contributed by atoms with Crippen molar-refractivity contribution in [1.82, 2.24) is 45.2 Å². The van der Waals surface area contributed by atoms with Gasteiger partial charge in [-0.1, -0.05) is 76.0 Å². The molecule has 0 aliphatic carbocycles. The molecule has 26 atom stereocenters. The highest BCUT2D eigenvalue weighted by Gasteiger charge is 2.62. The van der Waals surface area contributed by atoms with E-state index in [2.05, 4.69) is 43.8 Å². The third-order valence-electron chi connectivity index (χ3n) is 25.5. The first kappa shape index (κ1) is 106. The van der Waals surface area contributed by atoms with E-state index in [9.17, 15) is 53.1 Å². The number of azide groups is 1. The summed E-state index contributed by atoms with van der Waals surface area (Å²) in [5, 5.41) is 63.0. The summed E-state index contributed by atoms with van der Waals surface area (Å²) >= 11 is 0.250. The number of carbonyl (C=O) groups excluding carboxylic acids is 6. The van der Waals surface area contributed by atoms with Gasteiger partial charge in [-0.15, -0.1) is 11.5 Å². The zero-order chi connectivity index (χ0) is 93.2. The molecule has 0 bridgehead atoms. The number of nitrogens with zero attached hydrogens (tertiary/aromatic N) is 10. The average Bonchev–Trinajstić information content (AvgIpc) is 1.73. The number of aromatic nitrogens is 3. The van der Waals surface area contributed by atoms with Crippen LogP contribution in [0.15, 0.2) is 59.8 Å². The zero-order valence-electron chi connectivity index (χ0n) is 77.4. The molecule has 9 rings (SSSR count). The normalized spacial score (nSPS) is 34.6. The predicted molar refractivity (Wildman–Crippen MR) is 474 cm³/mol. The Bertz CT molecular complexity index is 4000. The molecule has 1 aromatic heterocycles. The molecule has 6 saturated heterocycles. The van der Waals surface area contributed by atoms with Gasteiger partial charge in [0.1, 0.15) is 41.9 Å². The van der Waals surface area contributed by atoms with Gasteiger partial charge in [0.2, 0.25) is 0 Å². The molecule has 3 aromatic rings. The first-order chi connectivity index (χ1) is 59.1. The first-order valence-electron chi connectivity index (χ1n) is 43.9. The molecule has 6 aliphatic heterocycles. The van der Waals surface area contributed by atoms with Crippen molar-refractivity contribution in [2.45, 2.75) is 301 Å². The predicted octanol–water partition coefficient (Wildman–Crippen LogP) is 9.55. The second-order valence-corrected chi connectivity index (χ2v) is 35.9. The van der Waals surface area contributed by atoms with E-state index in [4.69, 9.17) is 70.8 Å². The lowest BCUT2D eigenvalue weighted by Crippen LogP contribution is -2.62. The van der Waals surface area contributed by atoms with Crippen molar-refractivity contribution in [3.8, 4) is 23.6 Å². The maximum absolute atomic E-state index is 14.4. The molecule has 0 saturated carbocycles. The second kappa shape index (κ2) is 49.4. The Hall–Kier alpha value is -7.41. The minimum Gasteiger partial charge on any atom is -0.458 e. The van der Waals surface area contributed by atoms with Crippen molar-refractivity contribution < 1.29 is 100 Å². The summed E-state index contributed by atoms with van der Waals surface area (Å²) in [4.78, 5) is 94.2. The number of nitrogens with two attached hydrogens (primary N) is 2. The van der Waals surface area contributed by atoms with Gasteiger partial charge < -0.3 is 99.7 Å². The maximum Gasteiger partial charge on any atom is 0.410 e. The first-order valence-corrected chi connectivity index (χ1v) is 45.0.